The van der Waals surface area contributed by atoms with Crippen LogP contribution in [-0.2, 0) is 4.74 Å². The number of carbonyl (C=O) groups excluding carboxylic acids is 2. The molecule has 3 aromatic rings. The number of ether oxygens (including phenoxy) is 1. The summed E-state index contributed by atoms with van der Waals surface area (Å²) in [4.78, 5) is 28.0. The number of hydrogen-bond acceptors (Lipinski definition) is 7. The van der Waals surface area contributed by atoms with Crippen LogP contribution in [0.1, 0.15) is 39.0 Å². The summed E-state index contributed by atoms with van der Waals surface area (Å²) in [7, 11) is 0. The van der Waals surface area contributed by atoms with Crippen LogP contribution >= 0.6 is 11.8 Å². The lowest BCUT2D eigenvalue weighted by Crippen LogP contribution is -2.13. The van der Waals surface area contributed by atoms with Crippen molar-refractivity contribution < 1.29 is 18.7 Å². The van der Waals surface area contributed by atoms with Crippen LogP contribution in [0.4, 0.5) is 0 Å². The number of nitrogens with one attached hydrogen (secondary N) is 1. The monoisotopic (exact) mass is 385 g/mol. The van der Waals surface area contributed by atoms with Gasteiger partial charge in [0, 0.05) is 17.0 Å². The van der Waals surface area contributed by atoms with E-state index in [-0.39, 0.29) is 23.7 Å². The van der Waals surface area contributed by atoms with Crippen molar-refractivity contribution >= 4 is 23.5 Å². The largest absolute Gasteiger partial charge is 0.462 e. The number of ketones is 1. The molecule has 2 aromatic heterocycles. The summed E-state index contributed by atoms with van der Waals surface area (Å²) in [5.41, 5.74) is 2.70. The van der Waals surface area contributed by atoms with Gasteiger partial charge in [-0.05, 0) is 32.9 Å². The van der Waals surface area contributed by atoms with Crippen LogP contribution in [-0.4, -0.2) is 39.3 Å². The zero-order valence-corrected chi connectivity index (χ0v) is 16.1. The first-order valence-electron chi connectivity index (χ1n) is 8.42. The van der Waals surface area contributed by atoms with E-state index >= 15 is 0 Å². The summed E-state index contributed by atoms with van der Waals surface area (Å²) in [6.45, 7) is 5.47. The third kappa shape index (κ3) is 4.11. The molecule has 0 saturated heterocycles. The number of Topliss-reactive ketones (excluding diaryl/α,β-unsaturated/α-hetero) is 1. The highest BCUT2D eigenvalue weighted by atomic mass is 32.2. The fourth-order valence-corrected chi connectivity index (χ4v) is 3.39. The highest BCUT2D eigenvalue weighted by Gasteiger charge is 2.25. The molecule has 140 valence electrons. The molecule has 2 heterocycles. The molecule has 0 aliphatic carbocycles. The van der Waals surface area contributed by atoms with Crippen molar-refractivity contribution in [3.8, 4) is 11.5 Å². The third-order valence-corrected chi connectivity index (χ3v) is 4.71. The first-order chi connectivity index (χ1) is 13.0. The minimum atomic E-state index is -0.503. The second kappa shape index (κ2) is 8.22. The summed E-state index contributed by atoms with van der Waals surface area (Å²) in [6.07, 6.45) is 0. The molecular formula is C19H19N3O4S. The smallest absolute Gasteiger partial charge is 0.340 e. The topological polar surface area (TPSA) is 98.1 Å². The van der Waals surface area contributed by atoms with Gasteiger partial charge in [-0.2, -0.15) is 0 Å². The summed E-state index contributed by atoms with van der Waals surface area (Å²) >= 11 is 1.13. The van der Waals surface area contributed by atoms with Crippen LogP contribution in [0.5, 0.6) is 0 Å². The lowest BCUT2D eigenvalue weighted by atomic mass is 10.1. The number of esters is 1. The molecule has 7 nitrogen and oxygen atoms in total. The molecule has 0 spiro atoms. The molecule has 0 aliphatic rings. The van der Waals surface area contributed by atoms with Crippen molar-refractivity contribution in [2.45, 2.75) is 26.0 Å². The van der Waals surface area contributed by atoms with Crippen molar-refractivity contribution in [2.75, 3.05) is 12.4 Å². The van der Waals surface area contributed by atoms with Gasteiger partial charge in [-0.25, -0.2) is 4.79 Å². The SMILES string of the molecule is CCOC(=O)c1c(C)[nH]c(C)c1C(=O)CSc1nnc(-c2ccccc2)o1. The number of thioether (sulfide) groups is 1. The zero-order chi connectivity index (χ0) is 19.4. The summed E-state index contributed by atoms with van der Waals surface area (Å²) in [6, 6.07) is 9.39. The van der Waals surface area contributed by atoms with Gasteiger partial charge in [-0.1, -0.05) is 30.0 Å². The van der Waals surface area contributed by atoms with Crippen LogP contribution in [0.2, 0.25) is 0 Å². The second-order valence-electron chi connectivity index (χ2n) is 5.80. The van der Waals surface area contributed by atoms with E-state index < -0.39 is 5.97 Å². The minimum absolute atomic E-state index is 0.0704. The standard InChI is InChI=1S/C19H19N3O4S/c1-4-25-18(24)16-12(3)20-11(2)15(16)14(23)10-27-19-22-21-17(26-19)13-8-6-5-7-9-13/h5-9,20H,4,10H2,1-3H3. The molecule has 0 unspecified atom stereocenters. The maximum Gasteiger partial charge on any atom is 0.340 e. The molecule has 0 fully saturated rings. The molecule has 0 amide bonds. The summed E-state index contributed by atoms with van der Waals surface area (Å²) in [5, 5.41) is 8.26. The Balaban J connectivity index is 1.74. The van der Waals surface area contributed by atoms with Crippen LogP contribution in [0, 0.1) is 13.8 Å². The molecule has 1 aromatic carbocycles. The molecule has 3 rings (SSSR count). The van der Waals surface area contributed by atoms with Gasteiger partial charge in [-0.3, -0.25) is 4.79 Å². The van der Waals surface area contributed by atoms with Crippen molar-refractivity contribution in [3.63, 3.8) is 0 Å². The van der Waals surface area contributed by atoms with Gasteiger partial charge in [0.2, 0.25) is 5.89 Å². The van der Waals surface area contributed by atoms with Crippen LogP contribution in [0.15, 0.2) is 40.0 Å². The fourth-order valence-electron chi connectivity index (χ4n) is 2.75. The minimum Gasteiger partial charge on any atom is -0.462 e. The normalized spacial score (nSPS) is 10.8. The van der Waals surface area contributed by atoms with Crippen LogP contribution < -0.4 is 0 Å². The fraction of sp³-hybridized carbons (Fsp3) is 0.263. The van der Waals surface area contributed by atoms with E-state index in [1.165, 1.54) is 0 Å². The molecule has 8 heteroatoms. The number of nitrogens with zero attached hydrogens (tertiary/aromatic N) is 2. The van der Waals surface area contributed by atoms with E-state index in [1.54, 1.807) is 20.8 Å². The van der Waals surface area contributed by atoms with Gasteiger partial charge < -0.3 is 14.1 Å². The third-order valence-electron chi connectivity index (χ3n) is 3.89. The van der Waals surface area contributed by atoms with E-state index in [9.17, 15) is 9.59 Å². The second-order valence-corrected chi connectivity index (χ2v) is 6.72. The lowest BCUT2D eigenvalue weighted by molar-refractivity contribution is 0.0522. The number of aromatic nitrogens is 3. The van der Waals surface area contributed by atoms with E-state index in [0.29, 0.717) is 28.1 Å². The Kier molecular flexibility index (Phi) is 5.75. The molecular weight excluding hydrogens is 366 g/mol. The Morgan fingerprint density at radius 1 is 1.11 bits per heavy atom. The van der Waals surface area contributed by atoms with E-state index in [1.807, 2.05) is 30.3 Å². The van der Waals surface area contributed by atoms with Crippen LogP contribution in [0.3, 0.4) is 0 Å². The molecule has 0 aliphatic heterocycles. The Hall–Kier alpha value is -2.87. The van der Waals surface area contributed by atoms with Gasteiger partial charge >= 0.3 is 5.97 Å². The first-order valence-corrected chi connectivity index (χ1v) is 9.41. The van der Waals surface area contributed by atoms with Crippen LogP contribution in [0.25, 0.3) is 11.5 Å². The molecule has 1 N–H and O–H groups in total. The van der Waals surface area contributed by atoms with Gasteiger partial charge in [-0.15, -0.1) is 10.2 Å². The highest BCUT2D eigenvalue weighted by Crippen LogP contribution is 2.26. The number of hydrogen-bond donors (Lipinski definition) is 1. The predicted molar refractivity (Wildman–Crippen MR) is 101 cm³/mol. The number of aryl methyl sites for hydroxylation is 2. The predicted octanol–water partition coefficient (Wildman–Crippen LogP) is 3.83. The van der Waals surface area contributed by atoms with Crippen molar-refractivity contribution in [2.24, 2.45) is 0 Å². The number of rotatable bonds is 7. The molecule has 0 saturated carbocycles. The molecule has 27 heavy (non-hydrogen) atoms. The van der Waals surface area contributed by atoms with Gasteiger partial charge in [0.25, 0.3) is 5.22 Å². The Morgan fingerprint density at radius 2 is 1.81 bits per heavy atom. The van der Waals surface area contributed by atoms with Gasteiger partial charge in [0.1, 0.15) is 0 Å². The van der Waals surface area contributed by atoms with Gasteiger partial charge in [0.05, 0.1) is 23.5 Å². The highest BCUT2D eigenvalue weighted by molar-refractivity contribution is 7.99. The van der Waals surface area contributed by atoms with E-state index in [0.717, 1.165) is 17.3 Å². The number of aromatic amines is 1. The Morgan fingerprint density at radius 3 is 2.52 bits per heavy atom. The molecule has 0 bridgehead atoms. The van der Waals surface area contributed by atoms with Crippen molar-refractivity contribution in [3.05, 3.63) is 52.8 Å². The average Bonchev–Trinajstić information content (AvgIpc) is 3.24. The lowest BCUT2D eigenvalue weighted by Gasteiger charge is -2.05. The van der Waals surface area contributed by atoms with Crippen molar-refractivity contribution in [1.29, 1.82) is 0 Å². The maximum atomic E-state index is 12.7. The average molecular weight is 385 g/mol. The molecule has 0 radical (unpaired) electrons. The molecule has 0 atom stereocenters. The quantitative estimate of drug-likeness (QED) is 0.375. The number of benzene rings is 1. The van der Waals surface area contributed by atoms with E-state index in [2.05, 4.69) is 15.2 Å². The maximum absolute atomic E-state index is 12.7. The summed E-state index contributed by atoms with van der Waals surface area (Å²) < 4.78 is 10.7. The van der Waals surface area contributed by atoms with Gasteiger partial charge in [0.15, 0.2) is 5.78 Å². The van der Waals surface area contributed by atoms with E-state index in [4.69, 9.17) is 9.15 Å². The first kappa shape index (κ1) is 18.9. The number of H-pyrrole nitrogens is 1. The summed E-state index contributed by atoms with van der Waals surface area (Å²) in [5.74, 6) is -0.242. The zero-order valence-electron chi connectivity index (χ0n) is 15.2. The Labute approximate surface area is 160 Å². The number of carbonyl (C=O) groups is 2. The van der Waals surface area contributed by atoms with Crippen molar-refractivity contribution in [1.82, 2.24) is 15.2 Å². The Bertz CT molecular complexity index is 963.